The molecule has 1 aromatic heterocycles. The molecule has 2 amide bonds. The van der Waals surface area contributed by atoms with Crippen LogP contribution >= 0.6 is 0 Å². The second kappa shape index (κ2) is 8.28. The summed E-state index contributed by atoms with van der Waals surface area (Å²) in [5, 5.41) is 5.83. The fraction of sp³-hybridized carbons (Fsp3) is 0.0800. The van der Waals surface area contributed by atoms with Gasteiger partial charge in [-0.1, -0.05) is 42.5 Å². The zero-order chi connectivity index (χ0) is 22.0. The molecule has 0 radical (unpaired) electrons. The fourth-order valence-electron chi connectivity index (χ4n) is 3.43. The van der Waals surface area contributed by atoms with E-state index in [2.05, 4.69) is 10.6 Å². The first-order valence-corrected chi connectivity index (χ1v) is 9.75. The van der Waals surface area contributed by atoms with E-state index in [0.29, 0.717) is 28.1 Å². The Bertz CT molecular complexity index is 1360. The van der Waals surface area contributed by atoms with Crippen LogP contribution in [0.2, 0.25) is 0 Å². The number of fused-ring (bicyclic) bond motifs is 1. The van der Waals surface area contributed by atoms with Gasteiger partial charge < -0.3 is 15.1 Å². The molecular weight excluding hydrogens is 392 g/mol. The summed E-state index contributed by atoms with van der Waals surface area (Å²) >= 11 is 0. The maximum absolute atomic E-state index is 13.0. The second-order valence-corrected chi connectivity index (χ2v) is 7.15. The molecule has 0 unspecified atom stereocenters. The number of carbonyl (C=O) groups excluding carboxylic acids is 2. The second-order valence-electron chi connectivity index (χ2n) is 7.15. The molecule has 0 spiro atoms. The number of hydrogen-bond donors (Lipinski definition) is 2. The SMILES string of the molecule is CC(=O)Nc1cccc(NC(=O)c2cccc3c(=O)c(C)c(-c4ccccc4)oc23)c1. The predicted octanol–water partition coefficient (Wildman–Crippen LogP) is 4.98. The van der Waals surface area contributed by atoms with E-state index in [1.165, 1.54) is 6.92 Å². The minimum absolute atomic E-state index is 0.178. The van der Waals surface area contributed by atoms with E-state index in [9.17, 15) is 14.4 Å². The van der Waals surface area contributed by atoms with E-state index in [1.54, 1.807) is 49.4 Å². The first-order chi connectivity index (χ1) is 14.9. The lowest BCUT2D eigenvalue weighted by Gasteiger charge is -2.11. The lowest BCUT2D eigenvalue weighted by atomic mass is 10.0. The molecular formula is C25H20N2O4. The molecule has 0 aliphatic heterocycles. The van der Waals surface area contributed by atoms with Crippen molar-refractivity contribution in [1.82, 2.24) is 0 Å². The molecule has 0 saturated heterocycles. The summed E-state index contributed by atoms with van der Waals surface area (Å²) in [6.45, 7) is 3.13. The summed E-state index contributed by atoms with van der Waals surface area (Å²) in [7, 11) is 0. The smallest absolute Gasteiger partial charge is 0.259 e. The summed E-state index contributed by atoms with van der Waals surface area (Å²) in [4.78, 5) is 37.3. The first kappa shape index (κ1) is 20.1. The fourth-order valence-corrected chi connectivity index (χ4v) is 3.43. The van der Waals surface area contributed by atoms with Crippen molar-refractivity contribution >= 4 is 34.2 Å². The molecule has 0 aliphatic carbocycles. The Balaban J connectivity index is 1.77. The number of benzene rings is 3. The minimum Gasteiger partial charge on any atom is -0.455 e. The highest BCUT2D eigenvalue weighted by Gasteiger charge is 2.18. The van der Waals surface area contributed by atoms with E-state index in [1.807, 2.05) is 30.3 Å². The molecule has 4 aromatic rings. The van der Waals surface area contributed by atoms with E-state index >= 15 is 0 Å². The number of rotatable bonds is 4. The van der Waals surface area contributed by atoms with Gasteiger partial charge in [-0.05, 0) is 37.3 Å². The number of nitrogens with one attached hydrogen (secondary N) is 2. The van der Waals surface area contributed by atoms with Crippen molar-refractivity contribution in [1.29, 1.82) is 0 Å². The number of para-hydroxylation sites is 1. The van der Waals surface area contributed by atoms with Gasteiger partial charge in [-0.25, -0.2) is 0 Å². The van der Waals surface area contributed by atoms with Crippen LogP contribution in [0.25, 0.3) is 22.3 Å². The predicted molar refractivity (Wildman–Crippen MR) is 121 cm³/mol. The first-order valence-electron chi connectivity index (χ1n) is 9.75. The molecule has 6 heteroatoms. The van der Waals surface area contributed by atoms with Crippen molar-refractivity contribution < 1.29 is 14.0 Å². The van der Waals surface area contributed by atoms with E-state index in [4.69, 9.17) is 4.42 Å². The molecule has 31 heavy (non-hydrogen) atoms. The van der Waals surface area contributed by atoms with E-state index in [-0.39, 0.29) is 22.5 Å². The normalized spacial score (nSPS) is 10.6. The Morgan fingerprint density at radius 3 is 2.23 bits per heavy atom. The Morgan fingerprint density at radius 2 is 1.52 bits per heavy atom. The topological polar surface area (TPSA) is 88.4 Å². The van der Waals surface area contributed by atoms with Crippen LogP contribution in [0.5, 0.6) is 0 Å². The lowest BCUT2D eigenvalue weighted by Crippen LogP contribution is -2.15. The summed E-state index contributed by atoms with van der Waals surface area (Å²) in [5.74, 6) is -0.189. The Morgan fingerprint density at radius 1 is 0.839 bits per heavy atom. The van der Waals surface area contributed by atoms with Gasteiger partial charge in [0.2, 0.25) is 5.91 Å². The van der Waals surface area contributed by atoms with Gasteiger partial charge in [0.15, 0.2) is 11.0 Å². The van der Waals surface area contributed by atoms with Gasteiger partial charge in [-0.2, -0.15) is 0 Å². The van der Waals surface area contributed by atoms with Crippen LogP contribution in [0.3, 0.4) is 0 Å². The van der Waals surface area contributed by atoms with Crippen molar-refractivity contribution in [2.45, 2.75) is 13.8 Å². The van der Waals surface area contributed by atoms with Gasteiger partial charge in [0.1, 0.15) is 5.76 Å². The molecule has 0 aliphatic rings. The third-order valence-electron chi connectivity index (χ3n) is 4.87. The standard InChI is InChI=1S/C25H20N2O4/c1-15-22(29)20-12-7-13-21(24(20)31-23(15)17-8-4-3-5-9-17)25(30)27-19-11-6-10-18(14-19)26-16(2)28/h3-14H,1-2H3,(H,26,28)(H,27,30). The lowest BCUT2D eigenvalue weighted by molar-refractivity contribution is -0.114. The van der Waals surface area contributed by atoms with Crippen LogP contribution in [-0.2, 0) is 4.79 Å². The average molecular weight is 412 g/mol. The average Bonchev–Trinajstić information content (AvgIpc) is 2.76. The molecule has 0 bridgehead atoms. The summed E-state index contributed by atoms with van der Waals surface area (Å²) in [6, 6.07) is 21.0. The molecule has 154 valence electrons. The number of amides is 2. The summed E-state index contributed by atoms with van der Waals surface area (Å²) in [5.41, 5.74) is 2.62. The van der Waals surface area contributed by atoms with Gasteiger partial charge in [-0.15, -0.1) is 0 Å². The molecule has 4 rings (SSSR count). The molecule has 0 atom stereocenters. The number of anilines is 2. The van der Waals surface area contributed by atoms with Crippen molar-refractivity contribution in [3.05, 3.63) is 94.1 Å². The number of carbonyl (C=O) groups is 2. The molecule has 2 N–H and O–H groups in total. The Kier molecular flexibility index (Phi) is 5.37. The quantitative estimate of drug-likeness (QED) is 0.495. The monoisotopic (exact) mass is 412 g/mol. The van der Waals surface area contributed by atoms with Crippen molar-refractivity contribution in [3.8, 4) is 11.3 Å². The molecule has 3 aromatic carbocycles. The third-order valence-corrected chi connectivity index (χ3v) is 4.87. The number of hydrogen-bond acceptors (Lipinski definition) is 4. The Labute approximate surface area is 178 Å². The van der Waals surface area contributed by atoms with Crippen LogP contribution in [0, 0.1) is 6.92 Å². The summed E-state index contributed by atoms with van der Waals surface area (Å²) < 4.78 is 6.11. The summed E-state index contributed by atoms with van der Waals surface area (Å²) in [6.07, 6.45) is 0. The van der Waals surface area contributed by atoms with Gasteiger partial charge in [-0.3, -0.25) is 14.4 Å². The van der Waals surface area contributed by atoms with Gasteiger partial charge >= 0.3 is 0 Å². The van der Waals surface area contributed by atoms with Gasteiger partial charge in [0.05, 0.1) is 10.9 Å². The van der Waals surface area contributed by atoms with Crippen LogP contribution in [0.1, 0.15) is 22.8 Å². The highest BCUT2D eigenvalue weighted by molar-refractivity contribution is 6.11. The maximum Gasteiger partial charge on any atom is 0.259 e. The van der Waals surface area contributed by atoms with Crippen molar-refractivity contribution in [2.75, 3.05) is 10.6 Å². The van der Waals surface area contributed by atoms with E-state index < -0.39 is 5.91 Å². The maximum atomic E-state index is 13.0. The highest BCUT2D eigenvalue weighted by Crippen LogP contribution is 2.28. The largest absolute Gasteiger partial charge is 0.455 e. The molecule has 0 saturated carbocycles. The Hall–Kier alpha value is -4.19. The van der Waals surface area contributed by atoms with Crippen molar-refractivity contribution in [2.24, 2.45) is 0 Å². The minimum atomic E-state index is -0.420. The molecule has 6 nitrogen and oxygen atoms in total. The van der Waals surface area contributed by atoms with E-state index in [0.717, 1.165) is 5.56 Å². The molecule has 0 fully saturated rings. The zero-order valence-corrected chi connectivity index (χ0v) is 17.1. The molecule has 1 heterocycles. The zero-order valence-electron chi connectivity index (χ0n) is 17.1. The van der Waals surface area contributed by atoms with Crippen LogP contribution in [-0.4, -0.2) is 11.8 Å². The van der Waals surface area contributed by atoms with Crippen LogP contribution in [0.15, 0.2) is 82.0 Å². The van der Waals surface area contributed by atoms with Crippen LogP contribution < -0.4 is 16.1 Å². The van der Waals surface area contributed by atoms with Crippen molar-refractivity contribution in [3.63, 3.8) is 0 Å². The third kappa shape index (κ3) is 4.09. The van der Waals surface area contributed by atoms with Gasteiger partial charge in [0.25, 0.3) is 5.91 Å². The van der Waals surface area contributed by atoms with Gasteiger partial charge in [0, 0.05) is 29.4 Å². The highest BCUT2D eigenvalue weighted by atomic mass is 16.3. The van der Waals surface area contributed by atoms with Crippen LogP contribution in [0.4, 0.5) is 11.4 Å².